The molecule has 1 aromatic carbocycles. The Morgan fingerprint density at radius 1 is 1.29 bits per heavy atom. The highest BCUT2D eigenvalue weighted by molar-refractivity contribution is 6.34. The average molecular weight is 452 g/mol. The summed E-state index contributed by atoms with van der Waals surface area (Å²) in [7, 11) is 1.54. The molecule has 1 aliphatic rings. The summed E-state index contributed by atoms with van der Waals surface area (Å²) in [5.41, 5.74) is 0.0776. The van der Waals surface area contributed by atoms with E-state index in [2.05, 4.69) is 15.3 Å². The van der Waals surface area contributed by atoms with E-state index >= 15 is 0 Å². The Morgan fingerprint density at radius 2 is 2.06 bits per heavy atom. The maximum Gasteiger partial charge on any atom is 0.417 e. The van der Waals surface area contributed by atoms with Gasteiger partial charge in [-0.05, 0) is 25.1 Å². The molecule has 1 atom stereocenters. The lowest BCUT2D eigenvalue weighted by molar-refractivity contribution is -0.137. The van der Waals surface area contributed by atoms with Gasteiger partial charge in [-0.25, -0.2) is 4.98 Å². The maximum absolute atomic E-state index is 13.2. The first-order valence-corrected chi connectivity index (χ1v) is 9.71. The highest BCUT2D eigenvalue weighted by atomic mass is 35.5. The van der Waals surface area contributed by atoms with Crippen LogP contribution in [0.4, 0.5) is 13.2 Å². The fourth-order valence-electron chi connectivity index (χ4n) is 3.61. The molecule has 162 valence electrons. The quantitative estimate of drug-likeness (QED) is 0.599. The molecule has 7 nitrogen and oxygen atoms in total. The van der Waals surface area contributed by atoms with Crippen LogP contribution >= 0.6 is 11.6 Å². The van der Waals surface area contributed by atoms with E-state index in [1.807, 2.05) is 0 Å². The van der Waals surface area contributed by atoms with Gasteiger partial charge < -0.3 is 9.64 Å². The van der Waals surface area contributed by atoms with Gasteiger partial charge in [-0.2, -0.15) is 17.9 Å². The van der Waals surface area contributed by atoms with Crippen LogP contribution in [-0.2, 0) is 12.6 Å². The molecule has 31 heavy (non-hydrogen) atoms. The zero-order valence-electron chi connectivity index (χ0n) is 16.5. The summed E-state index contributed by atoms with van der Waals surface area (Å²) < 4.78 is 46.3. The molecule has 0 saturated heterocycles. The van der Waals surface area contributed by atoms with Crippen LogP contribution in [0.25, 0.3) is 5.82 Å². The Balaban J connectivity index is 1.66. The molecule has 1 amide bonds. The van der Waals surface area contributed by atoms with Crippen molar-refractivity contribution in [3.8, 4) is 11.6 Å². The Bertz CT molecular complexity index is 1150. The number of alkyl halides is 3. The second-order valence-corrected chi connectivity index (χ2v) is 7.35. The number of nitrogens with zero attached hydrogens (tertiary/aromatic N) is 5. The average Bonchev–Trinajstić information content (AvgIpc) is 3.18. The molecule has 2 aromatic heterocycles. The summed E-state index contributed by atoms with van der Waals surface area (Å²) in [6, 6.07) is 6.21. The van der Waals surface area contributed by atoms with Gasteiger partial charge in [-0.3, -0.25) is 4.79 Å². The first-order chi connectivity index (χ1) is 14.7. The summed E-state index contributed by atoms with van der Waals surface area (Å²) in [5.74, 6) is 0.526. The standard InChI is InChI=1S/C20H17ClF3N5O2/c1-11-18-15(29(27-26-18)16-10-12(31-2)6-8-25-16)7-9-28(11)19(30)13-4-3-5-14(17(13)21)20(22,23)24/h3-6,8,10-11H,7,9H2,1-2H3. The Kier molecular flexibility index (Phi) is 5.34. The van der Waals surface area contributed by atoms with Crippen LogP contribution in [0.2, 0.25) is 5.02 Å². The minimum absolute atomic E-state index is 0.200. The maximum atomic E-state index is 13.2. The van der Waals surface area contributed by atoms with E-state index in [-0.39, 0.29) is 12.1 Å². The fraction of sp³-hybridized carbons (Fsp3) is 0.300. The number of carbonyl (C=O) groups is 1. The summed E-state index contributed by atoms with van der Waals surface area (Å²) in [6.07, 6.45) is -2.67. The topological polar surface area (TPSA) is 73.1 Å². The van der Waals surface area contributed by atoms with Crippen molar-refractivity contribution < 1.29 is 22.7 Å². The number of halogens is 4. The van der Waals surface area contributed by atoms with Gasteiger partial charge in [0.1, 0.15) is 11.4 Å². The summed E-state index contributed by atoms with van der Waals surface area (Å²) in [4.78, 5) is 18.8. The number of carbonyl (C=O) groups excluding carboxylic acids is 1. The number of ether oxygens (including phenoxy) is 1. The third-order valence-electron chi connectivity index (χ3n) is 5.21. The highest BCUT2D eigenvalue weighted by Gasteiger charge is 2.37. The SMILES string of the molecule is COc1ccnc(-n2nnc3c2CCN(C(=O)c2cccc(C(F)(F)F)c2Cl)C3C)c1. The van der Waals surface area contributed by atoms with Crippen molar-refractivity contribution >= 4 is 17.5 Å². The molecule has 11 heteroatoms. The molecule has 0 spiro atoms. The van der Waals surface area contributed by atoms with Crippen molar-refractivity contribution in [1.29, 1.82) is 0 Å². The molecule has 3 aromatic rings. The van der Waals surface area contributed by atoms with Gasteiger partial charge in [0.25, 0.3) is 5.91 Å². The smallest absolute Gasteiger partial charge is 0.417 e. The van der Waals surface area contributed by atoms with Crippen molar-refractivity contribution in [3.05, 3.63) is 64.1 Å². The van der Waals surface area contributed by atoms with Crippen LogP contribution in [0.3, 0.4) is 0 Å². The summed E-state index contributed by atoms with van der Waals surface area (Å²) in [5, 5.41) is 7.75. The van der Waals surface area contributed by atoms with Crippen LogP contribution in [0.15, 0.2) is 36.5 Å². The van der Waals surface area contributed by atoms with Crippen molar-refractivity contribution in [3.63, 3.8) is 0 Å². The number of hydrogen-bond acceptors (Lipinski definition) is 5. The number of hydrogen-bond donors (Lipinski definition) is 0. The van der Waals surface area contributed by atoms with Crippen LogP contribution in [0.5, 0.6) is 5.75 Å². The van der Waals surface area contributed by atoms with E-state index in [1.54, 1.807) is 37.0 Å². The molecule has 0 N–H and O–H groups in total. The molecule has 0 fully saturated rings. The zero-order chi connectivity index (χ0) is 22.3. The molecule has 0 bridgehead atoms. The van der Waals surface area contributed by atoms with E-state index in [4.69, 9.17) is 16.3 Å². The van der Waals surface area contributed by atoms with Crippen molar-refractivity contribution in [2.75, 3.05) is 13.7 Å². The minimum Gasteiger partial charge on any atom is -0.497 e. The van der Waals surface area contributed by atoms with Crippen LogP contribution in [0.1, 0.15) is 40.3 Å². The number of methoxy groups -OCH3 is 1. The second kappa shape index (κ2) is 7.84. The fourth-order valence-corrected chi connectivity index (χ4v) is 3.93. The molecule has 4 rings (SSSR count). The van der Waals surface area contributed by atoms with Gasteiger partial charge in [-0.1, -0.05) is 22.9 Å². The van der Waals surface area contributed by atoms with E-state index < -0.39 is 28.7 Å². The first kappa shape index (κ1) is 21.1. The number of aromatic nitrogens is 4. The normalized spacial score (nSPS) is 16.2. The summed E-state index contributed by atoms with van der Waals surface area (Å²) >= 11 is 5.95. The lowest BCUT2D eigenvalue weighted by atomic mass is 10.0. The molecule has 3 heterocycles. The number of rotatable bonds is 3. The summed E-state index contributed by atoms with van der Waals surface area (Å²) in [6.45, 7) is 2.01. The largest absolute Gasteiger partial charge is 0.497 e. The third-order valence-corrected chi connectivity index (χ3v) is 5.62. The van der Waals surface area contributed by atoms with Gasteiger partial charge in [0.2, 0.25) is 0 Å². The molecule has 1 aliphatic heterocycles. The van der Waals surface area contributed by atoms with Crippen LogP contribution in [-0.4, -0.2) is 44.4 Å². The second-order valence-electron chi connectivity index (χ2n) is 6.98. The Hall–Kier alpha value is -3.14. The van der Waals surface area contributed by atoms with Gasteiger partial charge >= 0.3 is 6.18 Å². The molecule has 0 saturated carbocycles. The number of amides is 1. The Labute approximate surface area is 180 Å². The first-order valence-electron chi connectivity index (χ1n) is 9.34. The van der Waals surface area contributed by atoms with Crippen molar-refractivity contribution in [1.82, 2.24) is 24.9 Å². The monoisotopic (exact) mass is 451 g/mol. The van der Waals surface area contributed by atoms with E-state index in [0.29, 0.717) is 23.7 Å². The van der Waals surface area contributed by atoms with Gasteiger partial charge in [-0.15, -0.1) is 5.10 Å². The number of fused-ring (bicyclic) bond motifs is 1. The molecule has 0 radical (unpaired) electrons. The molecule has 0 aliphatic carbocycles. The molecule has 1 unspecified atom stereocenters. The lowest BCUT2D eigenvalue weighted by Crippen LogP contribution is -2.39. The van der Waals surface area contributed by atoms with E-state index in [9.17, 15) is 18.0 Å². The van der Waals surface area contributed by atoms with Crippen molar-refractivity contribution in [2.24, 2.45) is 0 Å². The number of benzene rings is 1. The predicted octanol–water partition coefficient (Wildman–Crippen LogP) is 4.10. The Morgan fingerprint density at radius 3 is 2.77 bits per heavy atom. The molecular weight excluding hydrogens is 435 g/mol. The highest BCUT2D eigenvalue weighted by Crippen LogP contribution is 2.38. The predicted molar refractivity (Wildman–Crippen MR) is 105 cm³/mol. The van der Waals surface area contributed by atoms with Crippen LogP contribution < -0.4 is 4.74 Å². The van der Waals surface area contributed by atoms with Crippen molar-refractivity contribution in [2.45, 2.75) is 25.6 Å². The number of pyridine rings is 1. The van der Waals surface area contributed by atoms with Crippen LogP contribution in [0, 0.1) is 0 Å². The van der Waals surface area contributed by atoms with Gasteiger partial charge in [0.15, 0.2) is 5.82 Å². The van der Waals surface area contributed by atoms with E-state index in [0.717, 1.165) is 11.8 Å². The lowest BCUT2D eigenvalue weighted by Gasteiger charge is -2.33. The van der Waals surface area contributed by atoms with E-state index in [1.165, 1.54) is 17.0 Å². The minimum atomic E-state index is -4.65. The third kappa shape index (κ3) is 3.71. The van der Waals surface area contributed by atoms with Gasteiger partial charge in [0.05, 0.1) is 35.0 Å². The zero-order valence-corrected chi connectivity index (χ0v) is 17.3. The van der Waals surface area contributed by atoms with Gasteiger partial charge in [0, 0.05) is 25.2 Å². The molecular formula is C20H17ClF3N5O2.